The first-order chi connectivity index (χ1) is 5.79. The summed E-state index contributed by atoms with van der Waals surface area (Å²) in [5.74, 6) is 5.40. The molecule has 2 rings (SSSR count). The van der Waals surface area contributed by atoms with Crippen LogP contribution in [0.5, 0.6) is 0 Å². The Morgan fingerprint density at radius 2 is 2.00 bits per heavy atom. The quantitative estimate of drug-likeness (QED) is 0.499. The molecule has 1 amide bonds. The Labute approximate surface area is 82.9 Å². The van der Waals surface area contributed by atoms with E-state index in [0.29, 0.717) is 6.54 Å². The molecule has 0 radical (unpaired) electrons. The zero-order valence-corrected chi connectivity index (χ0v) is 7.88. The second-order valence-electron chi connectivity index (χ2n) is 2.91. The average molecular weight is 199 g/mol. The summed E-state index contributed by atoms with van der Waals surface area (Å²) >= 11 is 0. The number of carbonyl (C=O) groups excluding carboxylic acids is 1. The molecule has 1 aromatic carbocycles. The molecule has 0 spiro atoms. The van der Waals surface area contributed by atoms with Gasteiger partial charge < -0.3 is 0 Å². The van der Waals surface area contributed by atoms with Gasteiger partial charge in [0.1, 0.15) is 0 Å². The lowest BCUT2D eigenvalue weighted by atomic mass is 10.0. The van der Waals surface area contributed by atoms with Crippen LogP contribution in [0.3, 0.4) is 0 Å². The minimum absolute atomic E-state index is 0. The predicted octanol–water partition coefficient (Wildman–Crippen LogP) is 0.980. The molecule has 0 atom stereocenters. The zero-order chi connectivity index (χ0) is 8.55. The van der Waals surface area contributed by atoms with Crippen LogP contribution in [0.25, 0.3) is 0 Å². The molecule has 1 aliphatic heterocycles. The van der Waals surface area contributed by atoms with Crippen molar-refractivity contribution >= 4 is 18.3 Å². The number of benzene rings is 1. The molecule has 0 fully saturated rings. The van der Waals surface area contributed by atoms with Crippen molar-refractivity contribution in [1.82, 2.24) is 5.01 Å². The summed E-state index contributed by atoms with van der Waals surface area (Å²) in [6, 6.07) is 7.59. The minimum atomic E-state index is -0.0724. The van der Waals surface area contributed by atoms with Gasteiger partial charge in [-0.3, -0.25) is 9.80 Å². The highest BCUT2D eigenvalue weighted by Crippen LogP contribution is 2.15. The Morgan fingerprint density at radius 3 is 2.77 bits per heavy atom. The smallest absolute Gasteiger partial charge is 0.268 e. The number of hydrogen-bond donors (Lipinski definition) is 1. The van der Waals surface area contributed by atoms with Gasteiger partial charge in [0.25, 0.3) is 5.91 Å². The maximum absolute atomic E-state index is 11.4. The van der Waals surface area contributed by atoms with Crippen molar-refractivity contribution in [3.63, 3.8) is 0 Å². The summed E-state index contributed by atoms with van der Waals surface area (Å²) < 4.78 is 0. The number of amides is 1. The molecule has 1 aliphatic rings. The van der Waals surface area contributed by atoms with Gasteiger partial charge in [0.15, 0.2) is 0 Å². The number of nitrogens with zero attached hydrogens (tertiary/aromatic N) is 1. The first kappa shape index (κ1) is 10.0. The summed E-state index contributed by atoms with van der Waals surface area (Å²) in [5, 5.41) is 1.27. The van der Waals surface area contributed by atoms with Gasteiger partial charge in [0.05, 0.1) is 0 Å². The molecule has 0 bridgehead atoms. The third kappa shape index (κ3) is 1.66. The van der Waals surface area contributed by atoms with Crippen molar-refractivity contribution in [2.75, 3.05) is 6.54 Å². The molecule has 0 aliphatic carbocycles. The summed E-state index contributed by atoms with van der Waals surface area (Å²) in [6.45, 7) is 0.621. The normalized spacial score (nSPS) is 14.8. The van der Waals surface area contributed by atoms with Crippen molar-refractivity contribution < 1.29 is 4.79 Å². The van der Waals surface area contributed by atoms with E-state index in [0.717, 1.165) is 17.5 Å². The number of fused-ring (bicyclic) bond motifs is 1. The van der Waals surface area contributed by atoms with E-state index < -0.39 is 0 Å². The van der Waals surface area contributed by atoms with Crippen LogP contribution in [0.4, 0.5) is 0 Å². The van der Waals surface area contributed by atoms with Crippen LogP contribution in [-0.4, -0.2) is 17.5 Å². The van der Waals surface area contributed by atoms with Crippen LogP contribution >= 0.6 is 12.4 Å². The van der Waals surface area contributed by atoms with E-state index in [9.17, 15) is 4.79 Å². The molecule has 2 N–H and O–H groups in total. The van der Waals surface area contributed by atoms with Crippen LogP contribution < -0.4 is 5.84 Å². The second-order valence-corrected chi connectivity index (χ2v) is 2.91. The molecule has 0 saturated carbocycles. The Morgan fingerprint density at radius 1 is 1.31 bits per heavy atom. The van der Waals surface area contributed by atoms with Crippen LogP contribution in [0, 0.1) is 0 Å². The van der Waals surface area contributed by atoms with Crippen molar-refractivity contribution in [1.29, 1.82) is 0 Å². The number of halogens is 1. The minimum Gasteiger partial charge on any atom is -0.276 e. The van der Waals surface area contributed by atoms with Crippen LogP contribution in [0.1, 0.15) is 15.9 Å². The fourth-order valence-electron chi connectivity index (χ4n) is 1.44. The van der Waals surface area contributed by atoms with Crippen LogP contribution in [0.15, 0.2) is 24.3 Å². The van der Waals surface area contributed by atoms with Gasteiger partial charge in [0, 0.05) is 12.1 Å². The lowest BCUT2D eigenvalue weighted by Crippen LogP contribution is -2.42. The van der Waals surface area contributed by atoms with Gasteiger partial charge in [0.2, 0.25) is 0 Å². The van der Waals surface area contributed by atoms with E-state index in [1.807, 2.05) is 24.3 Å². The maximum atomic E-state index is 11.4. The summed E-state index contributed by atoms with van der Waals surface area (Å²) in [4.78, 5) is 11.4. The number of hydrazine groups is 1. The topological polar surface area (TPSA) is 46.3 Å². The lowest BCUT2D eigenvalue weighted by molar-refractivity contribution is 0.0740. The summed E-state index contributed by atoms with van der Waals surface area (Å²) in [6.07, 6.45) is 0.860. The van der Waals surface area contributed by atoms with E-state index in [2.05, 4.69) is 0 Å². The van der Waals surface area contributed by atoms with Crippen molar-refractivity contribution in [3.8, 4) is 0 Å². The molecule has 1 aromatic rings. The predicted molar refractivity (Wildman–Crippen MR) is 52.6 cm³/mol. The third-order valence-electron chi connectivity index (χ3n) is 2.13. The van der Waals surface area contributed by atoms with Crippen molar-refractivity contribution in [2.24, 2.45) is 5.84 Å². The molecular formula is C9H11ClN2O. The number of rotatable bonds is 0. The van der Waals surface area contributed by atoms with Crippen LogP contribution in [0.2, 0.25) is 0 Å². The highest BCUT2D eigenvalue weighted by molar-refractivity contribution is 5.96. The number of hydrogen-bond acceptors (Lipinski definition) is 2. The lowest BCUT2D eigenvalue weighted by Gasteiger charge is -2.23. The van der Waals surface area contributed by atoms with Gasteiger partial charge in [-0.1, -0.05) is 18.2 Å². The largest absolute Gasteiger partial charge is 0.276 e. The first-order valence-corrected chi connectivity index (χ1v) is 3.93. The number of carbonyl (C=O) groups is 1. The molecule has 0 saturated heterocycles. The SMILES string of the molecule is Cl.NN1CCc2ccccc2C1=O. The third-order valence-corrected chi connectivity index (χ3v) is 2.13. The second kappa shape index (κ2) is 3.77. The fraction of sp³-hybridized carbons (Fsp3) is 0.222. The molecule has 1 heterocycles. The Hall–Kier alpha value is -1.06. The standard InChI is InChI=1S/C9H10N2O.ClH/c10-11-6-5-7-3-1-2-4-8(7)9(11)12;/h1-4H,5-6,10H2;1H. The van der Waals surface area contributed by atoms with E-state index >= 15 is 0 Å². The highest BCUT2D eigenvalue weighted by Gasteiger charge is 2.20. The molecule has 3 nitrogen and oxygen atoms in total. The van der Waals surface area contributed by atoms with Gasteiger partial charge in [-0.25, -0.2) is 5.84 Å². The van der Waals surface area contributed by atoms with E-state index in [4.69, 9.17) is 5.84 Å². The van der Waals surface area contributed by atoms with Gasteiger partial charge >= 0.3 is 0 Å². The first-order valence-electron chi connectivity index (χ1n) is 3.93. The number of nitrogens with two attached hydrogens (primary N) is 1. The van der Waals surface area contributed by atoms with E-state index in [1.165, 1.54) is 5.01 Å². The van der Waals surface area contributed by atoms with Crippen LogP contribution in [-0.2, 0) is 6.42 Å². The molecule has 4 heteroatoms. The van der Waals surface area contributed by atoms with Gasteiger partial charge in [-0.2, -0.15) is 0 Å². The van der Waals surface area contributed by atoms with E-state index in [1.54, 1.807) is 0 Å². The molecule has 13 heavy (non-hydrogen) atoms. The molecule has 0 unspecified atom stereocenters. The molecule has 0 aromatic heterocycles. The maximum Gasteiger partial charge on any atom is 0.268 e. The Bertz CT molecular complexity index is 327. The van der Waals surface area contributed by atoms with Gasteiger partial charge in [-0.05, 0) is 18.1 Å². The summed E-state index contributed by atoms with van der Waals surface area (Å²) in [7, 11) is 0. The molecular weight excluding hydrogens is 188 g/mol. The van der Waals surface area contributed by atoms with Crippen molar-refractivity contribution in [2.45, 2.75) is 6.42 Å². The summed E-state index contributed by atoms with van der Waals surface area (Å²) in [5.41, 5.74) is 1.84. The van der Waals surface area contributed by atoms with Gasteiger partial charge in [-0.15, -0.1) is 12.4 Å². The zero-order valence-electron chi connectivity index (χ0n) is 7.06. The average Bonchev–Trinajstić information content (AvgIpc) is 2.12. The highest BCUT2D eigenvalue weighted by atomic mass is 35.5. The van der Waals surface area contributed by atoms with Crippen molar-refractivity contribution in [3.05, 3.63) is 35.4 Å². The Balaban J connectivity index is 0.000000845. The fourth-order valence-corrected chi connectivity index (χ4v) is 1.44. The molecule has 70 valence electrons. The monoisotopic (exact) mass is 198 g/mol. The Kier molecular flexibility index (Phi) is 2.90. The van der Waals surface area contributed by atoms with E-state index in [-0.39, 0.29) is 18.3 Å².